The molecule has 0 radical (unpaired) electrons. The van der Waals surface area contributed by atoms with Crippen LogP contribution in [0.25, 0.3) is 0 Å². The minimum Gasteiger partial charge on any atom is -0.491 e. The molecule has 1 aromatic carbocycles. The molecule has 1 aromatic rings. The molecule has 0 saturated heterocycles. The van der Waals surface area contributed by atoms with Crippen LogP contribution in [0.2, 0.25) is 0 Å². The van der Waals surface area contributed by atoms with Crippen molar-refractivity contribution in [3.05, 3.63) is 23.8 Å². The van der Waals surface area contributed by atoms with Gasteiger partial charge in [0, 0.05) is 13.1 Å². The first-order valence-corrected chi connectivity index (χ1v) is 6.84. The van der Waals surface area contributed by atoms with Crippen molar-refractivity contribution >= 4 is 11.6 Å². The molecular formula is C15H22N2O2. The minimum atomic E-state index is -0.0184. The Morgan fingerprint density at radius 3 is 2.79 bits per heavy atom. The number of amides is 1. The summed E-state index contributed by atoms with van der Waals surface area (Å²) in [6, 6.07) is 5.59. The highest BCUT2D eigenvalue weighted by molar-refractivity contribution is 5.98. The van der Waals surface area contributed by atoms with Crippen LogP contribution in [-0.4, -0.2) is 30.5 Å². The van der Waals surface area contributed by atoms with Gasteiger partial charge in [0.05, 0.1) is 17.9 Å². The first-order valence-electron chi connectivity index (χ1n) is 6.84. The number of hydrogen-bond donors (Lipinski definition) is 1. The molecule has 2 N–H and O–H groups in total. The molecule has 19 heavy (non-hydrogen) atoms. The topological polar surface area (TPSA) is 55.6 Å². The standard InChI is InChI=1S/C15H22N2O2/c1-4-19-14-12(6-5-7-13(14)16)15(18)17(3)10(2)11-8-9-11/h5-7,10-11H,4,8-9,16H2,1-3H3. The van der Waals surface area contributed by atoms with E-state index in [1.165, 1.54) is 12.8 Å². The van der Waals surface area contributed by atoms with Crippen LogP contribution in [0.5, 0.6) is 5.75 Å². The summed E-state index contributed by atoms with van der Waals surface area (Å²) in [4.78, 5) is 14.4. The third kappa shape index (κ3) is 2.83. The summed E-state index contributed by atoms with van der Waals surface area (Å²) in [6.45, 7) is 4.48. The first-order chi connectivity index (χ1) is 9.06. The Morgan fingerprint density at radius 2 is 2.21 bits per heavy atom. The lowest BCUT2D eigenvalue weighted by Crippen LogP contribution is -2.36. The normalized spacial score (nSPS) is 15.9. The lowest BCUT2D eigenvalue weighted by Gasteiger charge is -2.26. The van der Waals surface area contributed by atoms with Crippen molar-refractivity contribution in [2.45, 2.75) is 32.7 Å². The van der Waals surface area contributed by atoms with Crippen LogP contribution in [0.3, 0.4) is 0 Å². The van der Waals surface area contributed by atoms with Gasteiger partial charge in [0.1, 0.15) is 0 Å². The predicted octanol–water partition coefficient (Wildman–Crippen LogP) is 2.54. The molecular weight excluding hydrogens is 240 g/mol. The molecule has 1 unspecified atom stereocenters. The molecule has 1 amide bonds. The van der Waals surface area contributed by atoms with Crippen LogP contribution in [-0.2, 0) is 0 Å². The minimum absolute atomic E-state index is 0.0184. The van der Waals surface area contributed by atoms with Gasteiger partial charge in [-0.15, -0.1) is 0 Å². The maximum absolute atomic E-state index is 12.6. The van der Waals surface area contributed by atoms with Crippen LogP contribution in [0, 0.1) is 5.92 Å². The number of anilines is 1. The average Bonchev–Trinajstić information content (AvgIpc) is 3.23. The number of carbonyl (C=O) groups is 1. The van der Waals surface area contributed by atoms with E-state index in [4.69, 9.17) is 10.5 Å². The molecule has 0 heterocycles. The highest BCUT2D eigenvalue weighted by Gasteiger charge is 2.33. The lowest BCUT2D eigenvalue weighted by atomic mass is 10.1. The van der Waals surface area contributed by atoms with Crippen molar-refractivity contribution in [1.82, 2.24) is 4.90 Å². The summed E-state index contributed by atoms with van der Waals surface area (Å²) in [5, 5.41) is 0. The number of nitrogen functional groups attached to an aromatic ring is 1. The van der Waals surface area contributed by atoms with Crippen LogP contribution < -0.4 is 10.5 Å². The van der Waals surface area contributed by atoms with Gasteiger partial charge in [0.15, 0.2) is 5.75 Å². The smallest absolute Gasteiger partial charge is 0.257 e. The van der Waals surface area contributed by atoms with Gasteiger partial charge >= 0.3 is 0 Å². The highest BCUT2D eigenvalue weighted by atomic mass is 16.5. The van der Waals surface area contributed by atoms with Crippen LogP contribution >= 0.6 is 0 Å². The van der Waals surface area contributed by atoms with Gasteiger partial charge in [-0.3, -0.25) is 4.79 Å². The van der Waals surface area contributed by atoms with Gasteiger partial charge in [0.2, 0.25) is 0 Å². The highest BCUT2D eigenvalue weighted by Crippen LogP contribution is 2.36. The van der Waals surface area contributed by atoms with E-state index >= 15 is 0 Å². The third-order valence-electron chi connectivity index (χ3n) is 3.80. The average molecular weight is 262 g/mol. The largest absolute Gasteiger partial charge is 0.491 e. The van der Waals surface area contributed by atoms with Crippen molar-refractivity contribution in [2.75, 3.05) is 19.4 Å². The number of carbonyl (C=O) groups excluding carboxylic acids is 1. The van der Waals surface area contributed by atoms with Gasteiger partial charge in [-0.2, -0.15) is 0 Å². The van der Waals surface area contributed by atoms with Gasteiger partial charge in [0.25, 0.3) is 5.91 Å². The molecule has 2 rings (SSSR count). The SMILES string of the molecule is CCOc1c(N)cccc1C(=O)N(C)C(C)C1CC1. The fourth-order valence-corrected chi connectivity index (χ4v) is 2.30. The second-order valence-electron chi connectivity index (χ2n) is 5.15. The Labute approximate surface area is 114 Å². The summed E-state index contributed by atoms with van der Waals surface area (Å²) in [7, 11) is 1.85. The van der Waals surface area contributed by atoms with Crippen molar-refractivity contribution in [2.24, 2.45) is 5.92 Å². The van der Waals surface area contributed by atoms with E-state index in [0.717, 1.165) is 0 Å². The molecule has 1 fully saturated rings. The molecule has 0 spiro atoms. The molecule has 4 nitrogen and oxygen atoms in total. The maximum atomic E-state index is 12.6. The molecule has 1 aliphatic rings. The van der Waals surface area contributed by atoms with Crippen molar-refractivity contribution in [3.63, 3.8) is 0 Å². The molecule has 4 heteroatoms. The molecule has 0 aliphatic heterocycles. The number of nitrogens with two attached hydrogens (primary N) is 1. The lowest BCUT2D eigenvalue weighted by molar-refractivity contribution is 0.0723. The fourth-order valence-electron chi connectivity index (χ4n) is 2.30. The summed E-state index contributed by atoms with van der Waals surface area (Å²) in [6.07, 6.45) is 2.43. The van der Waals surface area contributed by atoms with E-state index in [1.807, 2.05) is 14.0 Å². The third-order valence-corrected chi connectivity index (χ3v) is 3.80. The number of nitrogens with zero attached hydrogens (tertiary/aromatic N) is 1. The van der Waals surface area contributed by atoms with E-state index in [-0.39, 0.29) is 11.9 Å². The molecule has 104 valence electrons. The second kappa shape index (κ2) is 5.51. The zero-order chi connectivity index (χ0) is 14.0. The Hall–Kier alpha value is -1.71. The zero-order valence-corrected chi connectivity index (χ0v) is 11.8. The van der Waals surface area contributed by atoms with E-state index in [0.29, 0.717) is 29.5 Å². The van der Waals surface area contributed by atoms with Crippen LogP contribution in [0.4, 0.5) is 5.69 Å². The van der Waals surface area contributed by atoms with Crippen LogP contribution in [0.1, 0.15) is 37.0 Å². The second-order valence-corrected chi connectivity index (χ2v) is 5.15. The van der Waals surface area contributed by atoms with Crippen molar-refractivity contribution < 1.29 is 9.53 Å². The number of benzene rings is 1. The summed E-state index contributed by atoms with van der Waals surface area (Å²) in [5.41, 5.74) is 6.96. The zero-order valence-electron chi connectivity index (χ0n) is 11.8. The van der Waals surface area contributed by atoms with E-state index in [1.54, 1.807) is 23.1 Å². The Kier molecular flexibility index (Phi) is 3.98. The monoisotopic (exact) mass is 262 g/mol. The fraction of sp³-hybridized carbons (Fsp3) is 0.533. The molecule has 1 saturated carbocycles. The van der Waals surface area contributed by atoms with Crippen molar-refractivity contribution in [3.8, 4) is 5.75 Å². The first kappa shape index (κ1) is 13.7. The molecule has 0 aromatic heterocycles. The summed E-state index contributed by atoms with van der Waals surface area (Å²) >= 11 is 0. The number of rotatable bonds is 5. The van der Waals surface area contributed by atoms with Gasteiger partial charge < -0.3 is 15.4 Å². The van der Waals surface area contributed by atoms with Gasteiger partial charge in [-0.25, -0.2) is 0 Å². The Morgan fingerprint density at radius 1 is 1.53 bits per heavy atom. The van der Waals surface area contributed by atoms with E-state index in [9.17, 15) is 4.79 Å². The predicted molar refractivity (Wildman–Crippen MR) is 76.3 cm³/mol. The van der Waals surface area contributed by atoms with Crippen LogP contribution in [0.15, 0.2) is 18.2 Å². The van der Waals surface area contributed by atoms with E-state index in [2.05, 4.69) is 6.92 Å². The summed E-state index contributed by atoms with van der Waals surface area (Å²) in [5.74, 6) is 1.13. The summed E-state index contributed by atoms with van der Waals surface area (Å²) < 4.78 is 5.52. The Bertz CT molecular complexity index is 469. The maximum Gasteiger partial charge on any atom is 0.257 e. The number of hydrogen-bond acceptors (Lipinski definition) is 3. The molecule has 1 atom stereocenters. The molecule has 0 bridgehead atoms. The number of ether oxygens (including phenoxy) is 1. The van der Waals surface area contributed by atoms with E-state index < -0.39 is 0 Å². The number of para-hydroxylation sites is 1. The van der Waals surface area contributed by atoms with Gasteiger partial charge in [-0.1, -0.05) is 6.07 Å². The molecule has 1 aliphatic carbocycles. The van der Waals surface area contributed by atoms with Gasteiger partial charge in [-0.05, 0) is 44.7 Å². The Balaban J connectivity index is 2.24. The van der Waals surface area contributed by atoms with Crippen molar-refractivity contribution in [1.29, 1.82) is 0 Å². The quantitative estimate of drug-likeness (QED) is 0.830.